The molecule has 0 radical (unpaired) electrons. The first-order chi connectivity index (χ1) is 16.7. The maximum absolute atomic E-state index is 15.1. The first-order valence-corrected chi connectivity index (χ1v) is 12.3. The van der Waals surface area contributed by atoms with Crippen molar-refractivity contribution in [3.8, 4) is 11.4 Å². The van der Waals surface area contributed by atoms with Crippen LogP contribution >= 0.6 is 34.5 Å². The third kappa shape index (κ3) is 5.12. The van der Waals surface area contributed by atoms with Gasteiger partial charge in [-0.1, -0.05) is 34.5 Å². The van der Waals surface area contributed by atoms with Gasteiger partial charge < -0.3 is 19.9 Å². The number of anilines is 1. The summed E-state index contributed by atoms with van der Waals surface area (Å²) in [6, 6.07) is 1.88. The summed E-state index contributed by atoms with van der Waals surface area (Å²) in [5.74, 6) is -1.86. The van der Waals surface area contributed by atoms with E-state index in [1.54, 1.807) is 18.7 Å². The highest BCUT2D eigenvalue weighted by Crippen LogP contribution is 2.35. The fourth-order valence-electron chi connectivity index (χ4n) is 3.71. The summed E-state index contributed by atoms with van der Waals surface area (Å²) in [6.07, 6.45) is 0.214. The maximum atomic E-state index is 15.1. The van der Waals surface area contributed by atoms with Crippen molar-refractivity contribution in [3.05, 3.63) is 50.5 Å². The van der Waals surface area contributed by atoms with E-state index < -0.39 is 29.9 Å². The van der Waals surface area contributed by atoms with Crippen LogP contribution in [0.3, 0.4) is 0 Å². The number of nitrogens with one attached hydrogen (secondary N) is 2. The van der Waals surface area contributed by atoms with E-state index in [2.05, 4.69) is 20.3 Å². The van der Waals surface area contributed by atoms with Gasteiger partial charge in [0.25, 0.3) is 5.91 Å². The Hall–Kier alpha value is -2.76. The van der Waals surface area contributed by atoms with Gasteiger partial charge in [-0.3, -0.25) is 9.78 Å². The number of thiazole rings is 1. The zero-order chi connectivity index (χ0) is 25.3. The molecular formula is C22H21Cl2F2N5O3S. The highest BCUT2D eigenvalue weighted by Gasteiger charge is 2.34. The zero-order valence-corrected chi connectivity index (χ0v) is 21.0. The second-order valence-corrected chi connectivity index (χ2v) is 9.55. The number of aromatic amines is 1. The molecule has 13 heteroatoms. The number of aromatic nitrogens is 3. The predicted octanol–water partition coefficient (Wildman–Crippen LogP) is 4.81. The number of esters is 1. The maximum Gasteiger partial charge on any atom is 0.350 e. The number of piperidine rings is 1. The van der Waals surface area contributed by atoms with Crippen molar-refractivity contribution >= 4 is 51.5 Å². The molecule has 2 N–H and O–H groups in total. The van der Waals surface area contributed by atoms with Crippen LogP contribution in [0.25, 0.3) is 11.4 Å². The molecule has 1 amide bonds. The lowest BCUT2D eigenvalue weighted by Crippen LogP contribution is -2.52. The van der Waals surface area contributed by atoms with Gasteiger partial charge in [-0.25, -0.2) is 18.6 Å². The molecule has 3 aromatic rings. The molecule has 0 aromatic carbocycles. The van der Waals surface area contributed by atoms with Crippen LogP contribution in [-0.4, -0.2) is 58.7 Å². The topological polar surface area (TPSA) is 100 Å². The summed E-state index contributed by atoms with van der Waals surface area (Å²) in [4.78, 5) is 38.1. The molecule has 4 rings (SSSR count). The average molecular weight is 544 g/mol. The van der Waals surface area contributed by atoms with Crippen LogP contribution in [0.1, 0.15) is 39.2 Å². The number of carbonyl (C=O) groups is 2. The minimum Gasteiger partial charge on any atom is -0.462 e. The zero-order valence-electron chi connectivity index (χ0n) is 18.7. The fourth-order valence-corrected chi connectivity index (χ4v) is 5.12. The van der Waals surface area contributed by atoms with E-state index >= 15 is 4.39 Å². The highest BCUT2D eigenvalue weighted by atomic mass is 35.5. The number of H-pyrrole nitrogens is 1. The lowest BCUT2D eigenvalue weighted by molar-refractivity contribution is 0.0532. The third-order valence-corrected chi connectivity index (χ3v) is 7.51. The van der Waals surface area contributed by atoms with Crippen molar-refractivity contribution in [1.29, 1.82) is 0 Å². The van der Waals surface area contributed by atoms with Gasteiger partial charge in [0.1, 0.15) is 28.1 Å². The van der Waals surface area contributed by atoms with Crippen molar-refractivity contribution in [2.75, 3.05) is 24.6 Å². The van der Waals surface area contributed by atoms with E-state index in [1.807, 2.05) is 0 Å². The van der Waals surface area contributed by atoms with Crippen LogP contribution in [0.2, 0.25) is 10.0 Å². The van der Waals surface area contributed by atoms with Gasteiger partial charge in [0, 0.05) is 18.4 Å². The monoisotopic (exact) mass is 543 g/mol. The molecule has 1 aliphatic rings. The van der Waals surface area contributed by atoms with E-state index in [4.69, 9.17) is 27.9 Å². The number of hydrogen-bond acceptors (Lipinski definition) is 7. The van der Waals surface area contributed by atoms with E-state index in [9.17, 15) is 14.0 Å². The number of pyridine rings is 1. The van der Waals surface area contributed by atoms with Crippen LogP contribution in [0.4, 0.5) is 13.9 Å². The molecule has 2 atom stereocenters. The number of aryl methyl sites for hydroxylation is 1. The molecule has 35 heavy (non-hydrogen) atoms. The Balaban J connectivity index is 1.52. The van der Waals surface area contributed by atoms with E-state index in [0.717, 1.165) is 11.3 Å². The van der Waals surface area contributed by atoms with Gasteiger partial charge in [0.2, 0.25) is 0 Å². The number of carbonyl (C=O) groups excluding carboxylic acids is 2. The van der Waals surface area contributed by atoms with Crippen LogP contribution < -0.4 is 10.2 Å². The van der Waals surface area contributed by atoms with Crippen molar-refractivity contribution in [3.63, 3.8) is 0 Å². The number of ether oxygens (including phenoxy) is 1. The summed E-state index contributed by atoms with van der Waals surface area (Å²) in [6.45, 7) is 3.70. The Labute approximate surface area is 213 Å². The Morgan fingerprint density at radius 2 is 2.11 bits per heavy atom. The molecule has 3 aromatic heterocycles. The summed E-state index contributed by atoms with van der Waals surface area (Å²) in [7, 11) is 0. The lowest BCUT2D eigenvalue weighted by atomic mass is 10.0. The Morgan fingerprint density at radius 1 is 1.34 bits per heavy atom. The van der Waals surface area contributed by atoms with Crippen molar-refractivity contribution in [2.24, 2.45) is 0 Å². The first kappa shape index (κ1) is 25.3. The van der Waals surface area contributed by atoms with Gasteiger partial charge in [0.05, 0.1) is 29.2 Å². The molecule has 1 saturated heterocycles. The quantitative estimate of drug-likeness (QED) is 0.432. The van der Waals surface area contributed by atoms with Gasteiger partial charge in [-0.15, -0.1) is 0 Å². The predicted molar refractivity (Wildman–Crippen MR) is 130 cm³/mol. The SMILES string of the molecule is CCOC(=O)c1sc(N2CC[C@@H](NC(=O)c3[nH]c(C)c(Cl)c3Cl)[C@@H](F)C2)nc1-c1ncccc1F. The second kappa shape index (κ2) is 10.5. The van der Waals surface area contributed by atoms with Crippen molar-refractivity contribution in [1.82, 2.24) is 20.3 Å². The number of halogens is 4. The number of amides is 1. The number of rotatable bonds is 6. The Bertz CT molecular complexity index is 1270. The minimum absolute atomic E-state index is 0.0426. The summed E-state index contributed by atoms with van der Waals surface area (Å²) in [5, 5.41) is 3.31. The molecule has 0 aliphatic carbocycles. The second-order valence-electron chi connectivity index (χ2n) is 7.81. The lowest BCUT2D eigenvalue weighted by Gasteiger charge is -2.34. The Morgan fingerprint density at radius 3 is 2.74 bits per heavy atom. The minimum atomic E-state index is -1.44. The summed E-state index contributed by atoms with van der Waals surface area (Å²) >= 11 is 13.1. The molecule has 0 saturated carbocycles. The molecule has 0 unspecified atom stereocenters. The van der Waals surface area contributed by atoms with Crippen LogP contribution in [-0.2, 0) is 4.74 Å². The molecule has 186 valence electrons. The molecule has 0 bridgehead atoms. The first-order valence-electron chi connectivity index (χ1n) is 10.7. The summed E-state index contributed by atoms with van der Waals surface area (Å²) < 4.78 is 34.6. The largest absolute Gasteiger partial charge is 0.462 e. The summed E-state index contributed by atoms with van der Waals surface area (Å²) in [5.41, 5.74) is 0.564. The normalized spacial score (nSPS) is 17.9. The smallest absolute Gasteiger partial charge is 0.350 e. The van der Waals surface area contributed by atoms with Gasteiger partial charge in [0.15, 0.2) is 10.9 Å². The van der Waals surface area contributed by atoms with E-state index in [-0.39, 0.29) is 51.6 Å². The number of nitrogens with zero attached hydrogens (tertiary/aromatic N) is 3. The average Bonchev–Trinajstić information content (AvgIpc) is 3.38. The van der Waals surface area contributed by atoms with Crippen molar-refractivity contribution in [2.45, 2.75) is 32.5 Å². The van der Waals surface area contributed by atoms with Gasteiger partial charge >= 0.3 is 5.97 Å². The van der Waals surface area contributed by atoms with E-state index in [0.29, 0.717) is 17.4 Å². The molecule has 8 nitrogen and oxygen atoms in total. The highest BCUT2D eigenvalue weighted by molar-refractivity contribution is 7.17. The molecule has 0 spiro atoms. The standard InChI is InChI=1S/C22H21Cl2F2N5O3S/c1-3-34-21(33)19-18(16-11(25)5-4-7-27-16)30-22(35-19)31-8-6-13(12(26)9-31)29-20(32)17-15(24)14(23)10(2)28-17/h4-5,7,12-13,28H,3,6,8-9H2,1-2H3,(H,29,32)/t12-,13+/m0/s1. The molecule has 4 heterocycles. The van der Waals surface area contributed by atoms with Crippen LogP contribution in [0.5, 0.6) is 0 Å². The Kier molecular flexibility index (Phi) is 7.58. The van der Waals surface area contributed by atoms with Gasteiger partial charge in [-0.05, 0) is 32.4 Å². The molecule has 1 aliphatic heterocycles. The molecular weight excluding hydrogens is 523 g/mol. The number of hydrogen-bond donors (Lipinski definition) is 2. The van der Waals surface area contributed by atoms with Crippen molar-refractivity contribution < 1.29 is 23.1 Å². The number of alkyl halides is 1. The molecule has 1 fully saturated rings. The van der Waals surface area contributed by atoms with Gasteiger partial charge in [-0.2, -0.15) is 0 Å². The van der Waals surface area contributed by atoms with E-state index in [1.165, 1.54) is 18.3 Å². The van der Waals surface area contributed by atoms with Crippen LogP contribution in [0.15, 0.2) is 18.3 Å². The van der Waals surface area contributed by atoms with Crippen LogP contribution in [0, 0.1) is 12.7 Å². The third-order valence-electron chi connectivity index (χ3n) is 5.47. The fraction of sp³-hybridized carbons (Fsp3) is 0.364.